The molecule has 14 heteroatoms. The molecule has 2 aliphatic rings. The fraction of sp³-hybridized carbons (Fsp3) is 0.367. The Kier molecular flexibility index (Phi) is 7.19. The first-order valence-corrected chi connectivity index (χ1v) is 14.1. The van der Waals surface area contributed by atoms with Crippen LogP contribution in [0.2, 0.25) is 0 Å². The monoisotopic (exact) mass is 609 g/mol. The Morgan fingerprint density at radius 3 is 2.20 bits per heavy atom. The quantitative estimate of drug-likeness (QED) is 0.320. The fourth-order valence-electron chi connectivity index (χ4n) is 6.00. The van der Waals surface area contributed by atoms with Gasteiger partial charge in [0.1, 0.15) is 0 Å². The number of anilines is 2. The topological polar surface area (TPSA) is 106 Å². The molecule has 44 heavy (non-hydrogen) atoms. The minimum Gasteiger partial charge on any atom is -0.340 e. The molecule has 2 aromatic carbocycles. The van der Waals surface area contributed by atoms with Crippen LogP contribution in [-0.2, 0) is 36.4 Å². The van der Waals surface area contributed by atoms with E-state index in [2.05, 4.69) is 0 Å². The molecule has 0 N–H and O–H groups in total. The van der Waals surface area contributed by atoms with Crippen molar-refractivity contribution in [2.24, 2.45) is 14.1 Å². The Morgan fingerprint density at radius 2 is 1.55 bits per heavy atom. The van der Waals surface area contributed by atoms with E-state index in [0.29, 0.717) is 43.6 Å². The molecule has 0 aliphatic carbocycles. The summed E-state index contributed by atoms with van der Waals surface area (Å²) in [5, 5.41) is 0. The normalized spacial score (nSPS) is 18.2. The van der Waals surface area contributed by atoms with Crippen LogP contribution in [0, 0.1) is 6.92 Å². The van der Waals surface area contributed by atoms with E-state index in [-0.39, 0.29) is 17.6 Å². The average Bonchev–Trinajstić information content (AvgIpc) is 3.52. The molecule has 2 aromatic heterocycles. The fourth-order valence-corrected chi connectivity index (χ4v) is 6.00. The van der Waals surface area contributed by atoms with Crippen molar-refractivity contribution >= 4 is 34.6 Å². The number of hydrogen-bond donors (Lipinski definition) is 0. The number of imidazole rings is 1. The highest BCUT2D eigenvalue weighted by Crippen LogP contribution is 2.38. The SMILES string of the molecule is Cc1ccc(Cn2c(N3CCN(C4CC(=O)N(c5ccccc5C(F)(F)F)C4=O)CC3)nc3c2c(=O)n(C)c(=O)n3C)cc1. The lowest BCUT2D eigenvalue weighted by atomic mass is 10.1. The van der Waals surface area contributed by atoms with E-state index < -0.39 is 46.5 Å². The van der Waals surface area contributed by atoms with E-state index in [0.717, 1.165) is 27.8 Å². The van der Waals surface area contributed by atoms with Crippen molar-refractivity contribution in [3.63, 3.8) is 0 Å². The van der Waals surface area contributed by atoms with Crippen molar-refractivity contribution in [1.82, 2.24) is 23.6 Å². The van der Waals surface area contributed by atoms with Crippen LogP contribution in [0.3, 0.4) is 0 Å². The second-order valence-electron chi connectivity index (χ2n) is 11.2. The molecule has 0 radical (unpaired) electrons. The lowest BCUT2D eigenvalue weighted by Gasteiger charge is -2.37. The van der Waals surface area contributed by atoms with E-state index in [9.17, 15) is 32.3 Å². The summed E-state index contributed by atoms with van der Waals surface area (Å²) in [4.78, 5) is 61.4. The van der Waals surface area contributed by atoms with Crippen LogP contribution in [0.4, 0.5) is 24.8 Å². The second-order valence-corrected chi connectivity index (χ2v) is 11.2. The van der Waals surface area contributed by atoms with Gasteiger partial charge in [-0.1, -0.05) is 42.0 Å². The highest BCUT2D eigenvalue weighted by molar-refractivity contribution is 6.22. The maximum absolute atomic E-state index is 13.7. The van der Waals surface area contributed by atoms with Crippen LogP contribution >= 0.6 is 0 Å². The van der Waals surface area contributed by atoms with Crippen LogP contribution < -0.4 is 21.0 Å². The average molecular weight is 610 g/mol. The number of imide groups is 1. The van der Waals surface area contributed by atoms with Crippen LogP contribution in [0.5, 0.6) is 0 Å². The van der Waals surface area contributed by atoms with Crippen molar-refractivity contribution in [1.29, 1.82) is 0 Å². The van der Waals surface area contributed by atoms with Gasteiger partial charge in [0.25, 0.3) is 11.5 Å². The number of alkyl halides is 3. The highest BCUT2D eigenvalue weighted by atomic mass is 19.4. The predicted octanol–water partition coefficient (Wildman–Crippen LogP) is 2.26. The lowest BCUT2D eigenvalue weighted by molar-refractivity contribution is -0.137. The number of piperazine rings is 1. The molecule has 1 atom stereocenters. The molecule has 6 rings (SSSR count). The highest BCUT2D eigenvalue weighted by Gasteiger charge is 2.46. The Hall–Kier alpha value is -4.72. The number of aryl methyl sites for hydroxylation is 2. The summed E-state index contributed by atoms with van der Waals surface area (Å²) in [5.41, 5.74) is 0.0655. The third-order valence-corrected chi connectivity index (χ3v) is 8.40. The van der Waals surface area contributed by atoms with Gasteiger partial charge in [0.05, 0.1) is 30.3 Å². The number of carbonyl (C=O) groups is 2. The smallest absolute Gasteiger partial charge is 0.340 e. The molecule has 2 fully saturated rings. The first-order chi connectivity index (χ1) is 20.9. The van der Waals surface area contributed by atoms with Crippen molar-refractivity contribution in [3.05, 3.63) is 86.1 Å². The number of hydrogen-bond acceptors (Lipinski definition) is 7. The van der Waals surface area contributed by atoms with Gasteiger partial charge in [-0.25, -0.2) is 9.69 Å². The predicted molar refractivity (Wildman–Crippen MR) is 157 cm³/mol. The van der Waals surface area contributed by atoms with E-state index in [1.807, 2.05) is 36.1 Å². The molecule has 0 saturated carbocycles. The zero-order valence-electron chi connectivity index (χ0n) is 24.3. The van der Waals surface area contributed by atoms with Crippen LogP contribution in [0.1, 0.15) is 23.1 Å². The van der Waals surface area contributed by atoms with Crippen molar-refractivity contribution < 1.29 is 22.8 Å². The number of nitrogens with zero attached hydrogens (tertiary/aromatic N) is 7. The van der Waals surface area contributed by atoms with Gasteiger partial charge >= 0.3 is 11.9 Å². The molecule has 230 valence electrons. The number of halogens is 3. The molecule has 1 unspecified atom stereocenters. The number of fused-ring (bicyclic) bond motifs is 1. The maximum Gasteiger partial charge on any atom is 0.418 e. The minimum atomic E-state index is -4.73. The Balaban J connectivity index is 1.28. The van der Waals surface area contributed by atoms with Crippen molar-refractivity contribution in [2.45, 2.75) is 32.1 Å². The molecule has 2 amide bonds. The standard InChI is InChI=1S/C30H30F3N7O4/c1-18-8-10-19(11-9-18)17-39-24-25(35(2)29(44)36(3)27(24)43)34-28(39)38-14-12-37(13-15-38)22-16-23(41)40(26(22)42)21-7-5-4-6-20(21)30(31,32)33/h4-11,22H,12-17H2,1-3H3. The molecular formula is C30H30F3N7O4. The molecule has 0 bridgehead atoms. The summed E-state index contributed by atoms with van der Waals surface area (Å²) >= 11 is 0. The minimum absolute atomic E-state index is 0.227. The molecule has 2 saturated heterocycles. The zero-order chi connectivity index (χ0) is 31.5. The van der Waals surface area contributed by atoms with Gasteiger partial charge in [-0.15, -0.1) is 0 Å². The van der Waals surface area contributed by atoms with Crippen LogP contribution in [0.15, 0.2) is 58.1 Å². The van der Waals surface area contributed by atoms with Gasteiger partial charge in [0.15, 0.2) is 11.2 Å². The van der Waals surface area contributed by atoms with Crippen LogP contribution in [0.25, 0.3) is 11.2 Å². The molecule has 4 aromatic rings. The summed E-state index contributed by atoms with van der Waals surface area (Å²) in [6, 6.07) is 11.5. The lowest BCUT2D eigenvalue weighted by Crippen LogP contribution is -2.53. The van der Waals surface area contributed by atoms with Crippen LogP contribution in [-0.4, -0.2) is 67.6 Å². The first kappa shape index (κ1) is 29.4. The van der Waals surface area contributed by atoms with Gasteiger partial charge < -0.3 is 4.90 Å². The van der Waals surface area contributed by atoms with Gasteiger partial charge in [-0.2, -0.15) is 18.2 Å². The molecule has 11 nitrogen and oxygen atoms in total. The van der Waals surface area contributed by atoms with E-state index >= 15 is 0 Å². The Bertz CT molecular complexity index is 1900. The van der Waals surface area contributed by atoms with Crippen molar-refractivity contribution in [3.8, 4) is 0 Å². The second kappa shape index (κ2) is 10.8. The Labute approximate surface area is 249 Å². The molecule has 4 heterocycles. The van der Waals surface area contributed by atoms with Crippen molar-refractivity contribution in [2.75, 3.05) is 36.0 Å². The van der Waals surface area contributed by atoms with Gasteiger partial charge in [0.2, 0.25) is 11.9 Å². The number of para-hydroxylation sites is 1. The van der Waals surface area contributed by atoms with Gasteiger partial charge in [0, 0.05) is 40.3 Å². The molecule has 2 aliphatic heterocycles. The zero-order valence-corrected chi connectivity index (χ0v) is 24.3. The van der Waals surface area contributed by atoms with E-state index in [1.165, 1.54) is 23.7 Å². The largest absolute Gasteiger partial charge is 0.418 e. The number of amides is 2. The maximum atomic E-state index is 13.7. The van der Waals surface area contributed by atoms with E-state index in [4.69, 9.17) is 4.98 Å². The summed E-state index contributed by atoms with van der Waals surface area (Å²) in [5.74, 6) is -0.894. The number of benzene rings is 2. The Morgan fingerprint density at radius 1 is 0.886 bits per heavy atom. The molecule has 0 spiro atoms. The number of rotatable bonds is 5. The van der Waals surface area contributed by atoms with Gasteiger partial charge in [-0.05, 0) is 24.6 Å². The summed E-state index contributed by atoms with van der Waals surface area (Å²) < 4.78 is 45.1. The number of aromatic nitrogens is 4. The third-order valence-electron chi connectivity index (χ3n) is 8.40. The number of carbonyl (C=O) groups excluding carboxylic acids is 2. The summed E-state index contributed by atoms with van der Waals surface area (Å²) in [6.45, 7) is 3.67. The van der Waals surface area contributed by atoms with E-state index in [1.54, 1.807) is 16.5 Å². The first-order valence-electron chi connectivity index (χ1n) is 14.1. The molecular weight excluding hydrogens is 579 g/mol. The van der Waals surface area contributed by atoms with Gasteiger partial charge in [-0.3, -0.25) is 33.0 Å². The summed E-state index contributed by atoms with van der Waals surface area (Å²) in [7, 11) is 2.97. The third kappa shape index (κ3) is 4.88. The summed E-state index contributed by atoms with van der Waals surface area (Å²) in [6.07, 6.45) is -4.95.